The van der Waals surface area contributed by atoms with Crippen molar-refractivity contribution in [3.63, 3.8) is 0 Å². The van der Waals surface area contributed by atoms with Crippen LogP contribution in [0.5, 0.6) is 0 Å². The minimum atomic E-state index is -3.52. The number of rotatable bonds is 5. The van der Waals surface area contributed by atoms with Gasteiger partial charge in [-0.1, -0.05) is 12.1 Å². The third kappa shape index (κ3) is 3.84. The lowest BCUT2D eigenvalue weighted by Crippen LogP contribution is -2.36. The van der Waals surface area contributed by atoms with Crippen LogP contribution in [0.25, 0.3) is 16.9 Å². The largest absolute Gasteiger partial charge is 0.306 e. The molecule has 166 valence electrons. The van der Waals surface area contributed by atoms with E-state index in [9.17, 15) is 12.8 Å². The fourth-order valence-electron chi connectivity index (χ4n) is 4.56. The minimum Gasteiger partial charge on any atom is -0.306 e. The van der Waals surface area contributed by atoms with Crippen molar-refractivity contribution in [2.45, 2.75) is 25.7 Å². The van der Waals surface area contributed by atoms with Gasteiger partial charge in [0, 0.05) is 43.2 Å². The topological polar surface area (TPSA) is 67.2 Å². The van der Waals surface area contributed by atoms with Crippen LogP contribution < -0.4 is 4.72 Å². The highest BCUT2D eigenvalue weighted by molar-refractivity contribution is 7.87. The number of fused-ring (bicyclic) bond motifs is 2. The van der Waals surface area contributed by atoms with Crippen LogP contribution in [-0.4, -0.2) is 36.4 Å². The van der Waals surface area contributed by atoms with Crippen molar-refractivity contribution in [1.29, 1.82) is 0 Å². The molecule has 0 radical (unpaired) electrons. The third-order valence-corrected chi connectivity index (χ3v) is 7.82. The van der Waals surface area contributed by atoms with E-state index in [-0.39, 0.29) is 11.7 Å². The average molecular weight is 453 g/mol. The van der Waals surface area contributed by atoms with Crippen LogP contribution >= 0.6 is 0 Å². The molecule has 5 rings (SSSR count). The van der Waals surface area contributed by atoms with Crippen molar-refractivity contribution in [3.8, 4) is 16.9 Å². The van der Waals surface area contributed by atoms with E-state index in [0.29, 0.717) is 0 Å². The predicted molar refractivity (Wildman–Crippen MR) is 122 cm³/mol. The second-order valence-corrected chi connectivity index (χ2v) is 10.5. The Balaban J connectivity index is 1.44. The van der Waals surface area contributed by atoms with Gasteiger partial charge in [0.05, 0.1) is 12.0 Å². The molecule has 2 aromatic carbocycles. The van der Waals surface area contributed by atoms with Crippen molar-refractivity contribution in [1.82, 2.24) is 18.6 Å². The number of nitrogens with one attached hydrogen (secondary N) is 1. The Bertz CT molecular complexity index is 1310. The quantitative estimate of drug-likeness (QED) is 0.640. The number of halogens is 1. The van der Waals surface area contributed by atoms with Gasteiger partial charge in [-0.05, 0) is 72.7 Å². The minimum absolute atomic E-state index is 0.199. The molecule has 2 aliphatic carbocycles. The summed E-state index contributed by atoms with van der Waals surface area (Å²) in [6, 6.07) is 12.7. The highest BCUT2D eigenvalue weighted by atomic mass is 32.2. The highest BCUT2D eigenvalue weighted by Crippen LogP contribution is 2.40. The monoisotopic (exact) mass is 452 g/mol. The lowest BCUT2D eigenvalue weighted by molar-refractivity contribution is 0.502. The zero-order chi connectivity index (χ0) is 22.5. The second kappa shape index (κ2) is 7.86. The Morgan fingerprint density at radius 2 is 1.91 bits per heavy atom. The number of hydrogen-bond donors (Lipinski definition) is 1. The lowest BCUT2D eigenvalue weighted by atomic mass is 9.91. The molecule has 0 unspecified atom stereocenters. The first-order valence-electron chi connectivity index (χ1n) is 10.6. The number of hydrogen-bond acceptors (Lipinski definition) is 3. The summed E-state index contributed by atoms with van der Waals surface area (Å²) in [7, 11) is -0.436. The molecule has 1 atom stereocenters. The summed E-state index contributed by atoms with van der Waals surface area (Å²) in [6.07, 6.45) is 7.13. The van der Waals surface area contributed by atoms with Gasteiger partial charge in [-0.3, -0.25) is 4.72 Å². The maximum atomic E-state index is 13.2. The Hall–Kier alpha value is -2.97. The molecule has 3 aromatic rings. The number of imidazole rings is 1. The summed E-state index contributed by atoms with van der Waals surface area (Å²) in [4.78, 5) is 4.55. The van der Waals surface area contributed by atoms with E-state index in [1.807, 2.05) is 10.8 Å². The summed E-state index contributed by atoms with van der Waals surface area (Å²) < 4.78 is 44.0. The van der Waals surface area contributed by atoms with E-state index in [1.54, 1.807) is 18.5 Å². The number of nitrogens with zero attached hydrogens (tertiary/aromatic N) is 3. The van der Waals surface area contributed by atoms with Crippen molar-refractivity contribution < 1.29 is 12.8 Å². The molecule has 0 spiro atoms. The van der Waals surface area contributed by atoms with E-state index in [0.717, 1.165) is 48.3 Å². The van der Waals surface area contributed by atoms with Crippen LogP contribution in [0.1, 0.15) is 24.0 Å². The first kappa shape index (κ1) is 20.9. The standard InChI is InChI=1S/C24H25FN4O2S/c1-28(2)32(30,31)27-24-18-5-6-19(24)13-20-12-17(4-3-16(20)11-18)23-14-29(15-26-23)22-9-7-21(25)8-10-22/h3-4,7-10,12,14-15,18,27H,5-6,11,13H2,1-2H3/t18-/m0/s1. The van der Waals surface area contributed by atoms with Gasteiger partial charge >= 0.3 is 10.2 Å². The van der Waals surface area contributed by atoms with Gasteiger partial charge in [0.15, 0.2) is 0 Å². The van der Waals surface area contributed by atoms with Crippen molar-refractivity contribution in [3.05, 3.63) is 83.2 Å². The molecule has 1 aromatic heterocycles. The summed E-state index contributed by atoms with van der Waals surface area (Å²) in [5, 5.41) is 0. The number of allylic oxidation sites excluding steroid dienone is 2. The zero-order valence-electron chi connectivity index (χ0n) is 18.0. The van der Waals surface area contributed by atoms with Crippen LogP contribution in [0, 0.1) is 11.7 Å². The molecule has 1 heterocycles. The van der Waals surface area contributed by atoms with Crippen LogP contribution in [0.2, 0.25) is 0 Å². The fraction of sp³-hybridized carbons (Fsp3) is 0.292. The molecule has 0 amide bonds. The van der Waals surface area contributed by atoms with Gasteiger partial charge in [-0.15, -0.1) is 0 Å². The molecular weight excluding hydrogens is 427 g/mol. The summed E-state index contributed by atoms with van der Waals surface area (Å²) in [5.74, 6) is -0.0693. The number of aromatic nitrogens is 2. The maximum absolute atomic E-state index is 13.2. The van der Waals surface area contributed by atoms with E-state index in [4.69, 9.17) is 0 Å². The molecule has 0 fully saturated rings. The first-order valence-corrected chi connectivity index (χ1v) is 12.1. The Morgan fingerprint density at radius 3 is 2.66 bits per heavy atom. The SMILES string of the molecule is CN(C)S(=O)(=O)NC1=C2CC[C@H]1Cc1ccc(-c3cn(-c4ccc(F)cc4)cn3)cc1C2. The van der Waals surface area contributed by atoms with Gasteiger partial charge < -0.3 is 4.57 Å². The van der Waals surface area contributed by atoms with Crippen LogP contribution in [-0.2, 0) is 23.1 Å². The summed E-state index contributed by atoms with van der Waals surface area (Å²) >= 11 is 0. The molecule has 2 bridgehead atoms. The Morgan fingerprint density at radius 1 is 1.12 bits per heavy atom. The molecule has 8 heteroatoms. The van der Waals surface area contributed by atoms with E-state index in [2.05, 4.69) is 27.9 Å². The average Bonchev–Trinajstić information content (AvgIpc) is 3.33. The van der Waals surface area contributed by atoms with Gasteiger partial charge in [0.2, 0.25) is 0 Å². The van der Waals surface area contributed by atoms with Crippen molar-refractivity contribution >= 4 is 10.2 Å². The maximum Gasteiger partial charge on any atom is 0.300 e. The van der Waals surface area contributed by atoms with Gasteiger partial charge in [0.1, 0.15) is 5.82 Å². The second-order valence-electron chi connectivity index (χ2n) is 8.65. The van der Waals surface area contributed by atoms with E-state index >= 15 is 0 Å². The van der Waals surface area contributed by atoms with Crippen LogP contribution in [0.15, 0.2) is 66.3 Å². The molecule has 6 nitrogen and oxygen atoms in total. The van der Waals surface area contributed by atoms with Crippen LogP contribution in [0.3, 0.4) is 0 Å². The summed E-state index contributed by atoms with van der Waals surface area (Å²) in [5.41, 5.74) is 7.23. The highest BCUT2D eigenvalue weighted by Gasteiger charge is 2.32. The van der Waals surface area contributed by atoms with E-state index in [1.165, 1.54) is 47.2 Å². The Labute approximate surface area is 187 Å². The molecule has 1 N–H and O–H groups in total. The number of benzene rings is 2. The lowest BCUT2D eigenvalue weighted by Gasteiger charge is -2.19. The van der Waals surface area contributed by atoms with Crippen LogP contribution in [0.4, 0.5) is 4.39 Å². The van der Waals surface area contributed by atoms with Gasteiger partial charge in [-0.2, -0.15) is 12.7 Å². The fourth-order valence-corrected chi connectivity index (χ4v) is 5.33. The molecule has 0 saturated carbocycles. The Kier molecular flexibility index (Phi) is 5.14. The normalized spacial score (nSPS) is 18.1. The van der Waals surface area contributed by atoms with Crippen molar-refractivity contribution in [2.75, 3.05) is 14.1 Å². The molecular formula is C24H25FN4O2S. The molecule has 0 saturated heterocycles. The van der Waals surface area contributed by atoms with Gasteiger partial charge in [-0.25, -0.2) is 9.37 Å². The van der Waals surface area contributed by atoms with Gasteiger partial charge in [0.25, 0.3) is 0 Å². The molecule has 0 aliphatic heterocycles. The zero-order valence-corrected chi connectivity index (χ0v) is 18.9. The van der Waals surface area contributed by atoms with Crippen molar-refractivity contribution in [2.24, 2.45) is 5.92 Å². The molecule has 32 heavy (non-hydrogen) atoms. The smallest absolute Gasteiger partial charge is 0.300 e. The predicted octanol–water partition coefficient (Wildman–Crippen LogP) is 3.84. The molecule has 2 aliphatic rings. The van der Waals surface area contributed by atoms with E-state index < -0.39 is 10.2 Å². The summed E-state index contributed by atoms with van der Waals surface area (Å²) in [6.45, 7) is 0. The third-order valence-electron chi connectivity index (χ3n) is 6.38. The first-order chi connectivity index (χ1) is 15.3.